The molecular formula is C14H14BrF3N2. The number of hydrogen-bond donors (Lipinski definition) is 0. The topological polar surface area (TPSA) is 17.8 Å². The minimum absolute atomic E-state index is 0.0999. The van der Waals surface area contributed by atoms with Crippen molar-refractivity contribution in [3.05, 3.63) is 40.2 Å². The van der Waals surface area contributed by atoms with Gasteiger partial charge in [0.05, 0.1) is 15.9 Å². The molecule has 0 bridgehead atoms. The van der Waals surface area contributed by atoms with Crippen LogP contribution in [0.2, 0.25) is 0 Å². The molecule has 0 fully saturated rings. The molecule has 2 aromatic rings. The van der Waals surface area contributed by atoms with Crippen LogP contribution in [0.15, 0.2) is 28.7 Å². The largest absolute Gasteiger partial charge is 0.263 e. The second-order valence-corrected chi connectivity index (χ2v) is 5.59. The van der Waals surface area contributed by atoms with E-state index in [2.05, 4.69) is 21.0 Å². The molecule has 0 spiro atoms. The molecule has 20 heavy (non-hydrogen) atoms. The predicted octanol–water partition coefficient (Wildman–Crippen LogP) is 4.81. The van der Waals surface area contributed by atoms with Gasteiger partial charge in [-0.25, -0.2) is 13.2 Å². The van der Waals surface area contributed by atoms with Crippen LogP contribution >= 0.6 is 15.9 Å². The first-order chi connectivity index (χ1) is 9.28. The first-order valence-electron chi connectivity index (χ1n) is 6.14. The highest BCUT2D eigenvalue weighted by Gasteiger charge is 2.23. The molecule has 108 valence electrons. The van der Waals surface area contributed by atoms with Gasteiger partial charge in [0.2, 0.25) is 5.92 Å². The van der Waals surface area contributed by atoms with E-state index in [1.807, 2.05) is 0 Å². The fourth-order valence-corrected chi connectivity index (χ4v) is 2.42. The summed E-state index contributed by atoms with van der Waals surface area (Å²) in [7, 11) is 0. The predicted molar refractivity (Wildman–Crippen MR) is 75.3 cm³/mol. The zero-order valence-corrected chi connectivity index (χ0v) is 12.7. The van der Waals surface area contributed by atoms with Crippen molar-refractivity contribution in [2.24, 2.45) is 0 Å². The van der Waals surface area contributed by atoms with Crippen LogP contribution in [0.5, 0.6) is 0 Å². The molecule has 1 heterocycles. The van der Waals surface area contributed by atoms with E-state index in [9.17, 15) is 13.2 Å². The molecule has 0 aliphatic heterocycles. The van der Waals surface area contributed by atoms with Crippen LogP contribution in [0, 0.1) is 12.7 Å². The summed E-state index contributed by atoms with van der Waals surface area (Å²) in [6, 6.07) is 5.89. The van der Waals surface area contributed by atoms with Crippen LogP contribution < -0.4 is 0 Å². The molecule has 1 aromatic carbocycles. The van der Waals surface area contributed by atoms with Crippen molar-refractivity contribution in [2.75, 3.05) is 0 Å². The summed E-state index contributed by atoms with van der Waals surface area (Å²) in [5.74, 6) is -3.08. The van der Waals surface area contributed by atoms with Gasteiger partial charge in [-0.2, -0.15) is 5.10 Å². The maximum absolute atomic E-state index is 13.0. The van der Waals surface area contributed by atoms with Crippen molar-refractivity contribution >= 4 is 15.9 Å². The maximum atomic E-state index is 13.0. The van der Waals surface area contributed by atoms with Crippen molar-refractivity contribution in [3.8, 4) is 11.3 Å². The molecular weight excluding hydrogens is 333 g/mol. The number of nitrogens with zero attached hydrogens (tertiary/aromatic N) is 2. The summed E-state index contributed by atoms with van der Waals surface area (Å²) in [5, 5.41) is 4.25. The zero-order valence-electron chi connectivity index (χ0n) is 11.1. The lowest BCUT2D eigenvalue weighted by Crippen LogP contribution is -2.15. The third-order valence-electron chi connectivity index (χ3n) is 2.93. The molecule has 0 atom stereocenters. The molecule has 0 aliphatic rings. The van der Waals surface area contributed by atoms with E-state index in [4.69, 9.17) is 0 Å². The van der Waals surface area contributed by atoms with Crippen LogP contribution in [0.25, 0.3) is 11.3 Å². The minimum Gasteiger partial charge on any atom is -0.263 e. The second-order valence-electron chi connectivity index (χ2n) is 4.80. The Labute approximate surface area is 123 Å². The average Bonchev–Trinajstić information content (AvgIpc) is 2.64. The lowest BCUT2D eigenvalue weighted by atomic mass is 10.1. The maximum Gasteiger partial charge on any atom is 0.247 e. The first kappa shape index (κ1) is 15.1. The Kier molecular flexibility index (Phi) is 4.22. The van der Waals surface area contributed by atoms with Gasteiger partial charge in [-0.15, -0.1) is 0 Å². The number of rotatable bonds is 4. The number of aryl methyl sites for hydroxylation is 2. The van der Waals surface area contributed by atoms with Crippen LogP contribution in [-0.2, 0) is 6.54 Å². The summed E-state index contributed by atoms with van der Waals surface area (Å²) < 4.78 is 41.3. The molecule has 2 nitrogen and oxygen atoms in total. The second kappa shape index (κ2) is 5.60. The monoisotopic (exact) mass is 346 g/mol. The molecule has 0 saturated heterocycles. The number of hydrogen-bond acceptors (Lipinski definition) is 1. The van der Waals surface area contributed by atoms with Gasteiger partial charge in [0.25, 0.3) is 0 Å². The van der Waals surface area contributed by atoms with Gasteiger partial charge in [0, 0.05) is 18.5 Å². The molecule has 0 aliphatic carbocycles. The Morgan fingerprint density at radius 3 is 2.40 bits per heavy atom. The van der Waals surface area contributed by atoms with E-state index >= 15 is 0 Å². The minimum atomic E-state index is -2.74. The molecule has 2 rings (SSSR count). The van der Waals surface area contributed by atoms with Crippen molar-refractivity contribution < 1.29 is 13.2 Å². The number of aromatic nitrogens is 2. The molecule has 0 radical (unpaired) electrons. The van der Waals surface area contributed by atoms with Crippen molar-refractivity contribution in [3.63, 3.8) is 0 Å². The summed E-state index contributed by atoms with van der Waals surface area (Å²) in [4.78, 5) is 0. The molecule has 1 aromatic heterocycles. The highest BCUT2D eigenvalue weighted by atomic mass is 79.9. The van der Waals surface area contributed by atoms with E-state index in [0.29, 0.717) is 11.4 Å². The van der Waals surface area contributed by atoms with Gasteiger partial charge in [0.1, 0.15) is 5.82 Å². The zero-order chi connectivity index (χ0) is 14.9. The third kappa shape index (κ3) is 3.42. The van der Waals surface area contributed by atoms with E-state index in [-0.39, 0.29) is 18.8 Å². The van der Waals surface area contributed by atoms with Crippen molar-refractivity contribution in [1.29, 1.82) is 0 Å². The Bertz CT molecular complexity index is 600. The van der Waals surface area contributed by atoms with Gasteiger partial charge in [0.15, 0.2) is 0 Å². The quantitative estimate of drug-likeness (QED) is 0.777. The third-order valence-corrected chi connectivity index (χ3v) is 3.88. The molecule has 0 N–H and O–H groups in total. The van der Waals surface area contributed by atoms with Crippen LogP contribution in [0.3, 0.4) is 0 Å². The SMILES string of the molecule is Cc1nn(CCC(C)(F)F)c(-c2ccc(F)cc2)c1Br. The molecule has 6 heteroatoms. The summed E-state index contributed by atoms with van der Waals surface area (Å²) in [6.07, 6.45) is -0.297. The first-order valence-corrected chi connectivity index (χ1v) is 6.94. The highest BCUT2D eigenvalue weighted by molar-refractivity contribution is 9.10. The molecule has 0 saturated carbocycles. The van der Waals surface area contributed by atoms with Crippen LogP contribution in [0.4, 0.5) is 13.2 Å². The Balaban J connectivity index is 2.38. The van der Waals surface area contributed by atoms with E-state index in [0.717, 1.165) is 17.0 Å². The van der Waals surface area contributed by atoms with Gasteiger partial charge < -0.3 is 0 Å². The lowest BCUT2D eigenvalue weighted by Gasteiger charge is -2.12. The fourth-order valence-electron chi connectivity index (χ4n) is 1.91. The summed E-state index contributed by atoms with van der Waals surface area (Å²) in [6.45, 7) is 2.77. The lowest BCUT2D eigenvalue weighted by molar-refractivity contribution is 0.00790. The Morgan fingerprint density at radius 1 is 1.25 bits per heavy atom. The highest BCUT2D eigenvalue weighted by Crippen LogP contribution is 2.32. The van der Waals surface area contributed by atoms with E-state index in [1.54, 1.807) is 19.1 Å². The van der Waals surface area contributed by atoms with Gasteiger partial charge in [-0.3, -0.25) is 4.68 Å². The number of halogens is 4. The molecule has 0 amide bonds. The van der Waals surface area contributed by atoms with E-state index in [1.165, 1.54) is 16.8 Å². The fraction of sp³-hybridized carbons (Fsp3) is 0.357. The standard InChI is InChI=1S/C14H14BrF3N2/c1-9-12(15)13(10-3-5-11(16)6-4-10)20(19-9)8-7-14(2,17)18/h3-6H,7-8H2,1-2H3. The van der Waals surface area contributed by atoms with Crippen molar-refractivity contribution in [2.45, 2.75) is 32.7 Å². The number of alkyl halides is 2. The smallest absolute Gasteiger partial charge is 0.247 e. The Morgan fingerprint density at radius 2 is 1.85 bits per heavy atom. The van der Waals surface area contributed by atoms with Gasteiger partial charge >= 0.3 is 0 Å². The number of benzene rings is 1. The normalized spacial score (nSPS) is 11.9. The summed E-state index contributed by atoms with van der Waals surface area (Å²) >= 11 is 3.41. The van der Waals surface area contributed by atoms with Crippen LogP contribution in [-0.4, -0.2) is 15.7 Å². The van der Waals surface area contributed by atoms with Crippen LogP contribution in [0.1, 0.15) is 19.0 Å². The van der Waals surface area contributed by atoms with Gasteiger partial charge in [-0.1, -0.05) is 0 Å². The van der Waals surface area contributed by atoms with Gasteiger partial charge in [-0.05, 0) is 54.0 Å². The van der Waals surface area contributed by atoms with Crippen molar-refractivity contribution in [1.82, 2.24) is 9.78 Å². The molecule has 0 unspecified atom stereocenters. The van der Waals surface area contributed by atoms with E-state index < -0.39 is 5.92 Å². The summed E-state index contributed by atoms with van der Waals surface area (Å²) in [5.41, 5.74) is 2.13. The average molecular weight is 347 g/mol. The Hall–Kier alpha value is -1.30.